The zero-order valence-corrected chi connectivity index (χ0v) is 11.9. The molecule has 2 aromatic carbocycles. The van der Waals surface area contributed by atoms with Crippen LogP contribution in [0.15, 0.2) is 59.8 Å². The van der Waals surface area contributed by atoms with Gasteiger partial charge in [-0.05, 0) is 17.7 Å². The summed E-state index contributed by atoms with van der Waals surface area (Å²) in [4.78, 5) is 0. The topological polar surface area (TPSA) is 56.7 Å². The molecule has 1 aromatic heterocycles. The molecule has 6 heteroatoms. The highest BCUT2D eigenvalue weighted by molar-refractivity contribution is 7.98. The van der Waals surface area contributed by atoms with Gasteiger partial charge in [0, 0.05) is 5.75 Å². The first-order chi connectivity index (χ1) is 10.3. The molecule has 0 aliphatic rings. The molecule has 0 amide bonds. The van der Waals surface area contributed by atoms with Gasteiger partial charge in [-0.3, -0.25) is 0 Å². The van der Waals surface area contributed by atoms with Crippen LogP contribution in [-0.2, 0) is 5.75 Å². The molecule has 0 aliphatic carbocycles. The van der Waals surface area contributed by atoms with Crippen molar-refractivity contribution in [3.05, 3.63) is 66.0 Å². The van der Waals surface area contributed by atoms with E-state index in [1.807, 2.05) is 30.3 Å². The van der Waals surface area contributed by atoms with Crippen LogP contribution in [0.25, 0.3) is 11.4 Å². The van der Waals surface area contributed by atoms with Crippen LogP contribution in [-0.4, -0.2) is 14.9 Å². The molecular weight excluding hydrogens is 287 g/mol. The smallest absolute Gasteiger partial charge is 0.210 e. The second kappa shape index (κ2) is 5.97. The molecule has 0 atom stereocenters. The van der Waals surface area contributed by atoms with Gasteiger partial charge in [-0.1, -0.05) is 54.2 Å². The fourth-order valence-corrected chi connectivity index (χ4v) is 2.74. The van der Waals surface area contributed by atoms with Crippen LogP contribution in [0.3, 0.4) is 0 Å². The summed E-state index contributed by atoms with van der Waals surface area (Å²) >= 11 is 1.46. The van der Waals surface area contributed by atoms with Crippen molar-refractivity contribution in [2.75, 3.05) is 5.84 Å². The predicted molar refractivity (Wildman–Crippen MR) is 81.6 cm³/mol. The summed E-state index contributed by atoms with van der Waals surface area (Å²) < 4.78 is 15.1. The van der Waals surface area contributed by atoms with Crippen LogP contribution in [0.1, 0.15) is 5.56 Å². The normalized spacial score (nSPS) is 10.7. The van der Waals surface area contributed by atoms with E-state index in [2.05, 4.69) is 10.2 Å². The molecule has 1 heterocycles. The summed E-state index contributed by atoms with van der Waals surface area (Å²) in [5, 5.41) is 8.57. The Hall–Kier alpha value is -2.34. The lowest BCUT2D eigenvalue weighted by molar-refractivity contribution is 0.629. The van der Waals surface area contributed by atoms with Gasteiger partial charge in [-0.25, -0.2) is 9.07 Å². The number of nitrogens with two attached hydrogens (primary N) is 1. The summed E-state index contributed by atoms with van der Waals surface area (Å²) in [5.74, 6) is 6.66. The highest BCUT2D eigenvalue weighted by Gasteiger charge is 2.15. The van der Waals surface area contributed by atoms with Crippen molar-refractivity contribution in [3.8, 4) is 11.4 Å². The van der Waals surface area contributed by atoms with Gasteiger partial charge >= 0.3 is 0 Å². The summed E-state index contributed by atoms with van der Waals surface area (Å²) in [6.45, 7) is 0. The van der Waals surface area contributed by atoms with E-state index in [0.717, 1.165) is 11.3 Å². The van der Waals surface area contributed by atoms with E-state index in [-0.39, 0.29) is 5.82 Å². The average molecular weight is 300 g/mol. The molecule has 0 spiro atoms. The number of hydrogen-bond acceptors (Lipinski definition) is 4. The predicted octanol–water partition coefficient (Wildman–Crippen LogP) is 3.09. The van der Waals surface area contributed by atoms with Gasteiger partial charge in [-0.15, -0.1) is 10.2 Å². The maximum absolute atomic E-state index is 13.8. The van der Waals surface area contributed by atoms with E-state index in [1.54, 1.807) is 18.2 Å². The van der Waals surface area contributed by atoms with E-state index in [0.29, 0.717) is 16.5 Å². The van der Waals surface area contributed by atoms with E-state index in [4.69, 9.17) is 5.84 Å². The van der Waals surface area contributed by atoms with Gasteiger partial charge in [0.2, 0.25) is 5.16 Å². The molecule has 0 radical (unpaired) electrons. The third kappa shape index (κ3) is 2.90. The van der Waals surface area contributed by atoms with Gasteiger partial charge in [0.05, 0.1) is 5.56 Å². The molecule has 3 rings (SSSR count). The third-order valence-corrected chi connectivity index (χ3v) is 4.00. The van der Waals surface area contributed by atoms with Crippen molar-refractivity contribution >= 4 is 11.8 Å². The van der Waals surface area contributed by atoms with Crippen molar-refractivity contribution in [3.63, 3.8) is 0 Å². The van der Waals surface area contributed by atoms with Gasteiger partial charge in [0.1, 0.15) is 5.82 Å². The molecule has 2 N–H and O–H groups in total. The van der Waals surface area contributed by atoms with Gasteiger partial charge in [-0.2, -0.15) is 0 Å². The number of nitrogens with zero attached hydrogens (tertiary/aromatic N) is 3. The maximum Gasteiger partial charge on any atom is 0.210 e. The number of hydrogen-bond donors (Lipinski definition) is 1. The van der Waals surface area contributed by atoms with Crippen molar-refractivity contribution in [1.82, 2.24) is 14.9 Å². The minimum atomic E-state index is -0.365. The molecule has 0 saturated heterocycles. The second-order valence-electron chi connectivity index (χ2n) is 4.43. The first-order valence-corrected chi connectivity index (χ1v) is 7.36. The highest BCUT2D eigenvalue weighted by atomic mass is 32.2. The molecular formula is C15H13FN4S. The van der Waals surface area contributed by atoms with Gasteiger partial charge in [0.25, 0.3) is 0 Å². The summed E-state index contributed by atoms with van der Waals surface area (Å²) in [7, 11) is 0. The number of halogens is 1. The first kappa shape index (κ1) is 13.6. The van der Waals surface area contributed by atoms with Crippen LogP contribution in [0.5, 0.6) is 0 Å². The Morgan fingerprint density at radius 2 is 1.71 bits per heavy atom. The molecule has 4 nitrogen and oxygen atoms in total. The van der Waals surface area contributed by atoms with Crippen molar-refractivity contribution in [1.29, 1.82) is 0 Å². The van der Waals surface area contributed by atoms with E-state index < -0.39 is 0 Å². The maximum atomic E-state index is 13.8. The summed E-state index contributed by atoms with van der Waals surface area (Å²) in [6, 6.07) is 16.4. The number of aromatic nitrogens is 3. The number of thioether (sulfide) groups is 1. The Labute approximate surface area is 125 Å². The van der Waals surface area contributed by atoms with E-state index in [1.165, 1.54) is 22.5 Å². The Morgan fingerprint density at radius 1 is 1.00 bits per heavy atom. The van der Waals surface area contributed by atoms with Crippen LogP contribution in [0.4, 0.5) is 4.39 Å². The van der Waals surface area contributed by atoms with E-state index >= 15 is 0 Å². The standard InChI is InChI=1S/C15H13FN4S/c16-13-9-5-4-8-12(13)14-18-19-15(20(14)17)21-10-11-6-2-1-3-7-11/h1-9H,10,17H2. The fraction of sp³-hybridized carbons (Fsp3) is 0.0667. The van der Waals surface area contributed by atoms with Crippen molar-refractivity contribution in [2.24, 2.45) is 0 Å². The molecule has 106 valence electrons. The van der Waals surface area contributed by atoms with Gasteiger partial charge < -0.3 is 5.84 Å². The summed E-state index contributed by atoms with van der Waals surface area (Å²) in [6.07, 6.45) is 0. The molecule has 21 heavy (non-hydrogen) atoms. The van der Waals surface area contributed by atoms with Crippen LogP contribution >= 0.6 is 11.8 Å². The largest absolute Gasteiger partial charge is 0.335 e. The first-order valence-electron chi connectivity index (χ1n) is 6.38. The zero-order valence-electron chi connectivity index (χ0n) is 11.1. The Kier molecular flexibility index (Phi) is 3.87. The molecule has 0 aliphatic heterocycles. The fourth-order valence-electron chi connectivity index (χ4n) is 1.92. The summed E-state index contributed by atoms with van der Waals surface area (Å²) in [5.41, 5.74) is 1.51. The van der Waals surface area contributed by atoms with Crippen LogP contribution < -0.4 is 5.84 Å². The lowest BCUT2D eigenvalue weighted by atomic mass is 10.2. The second-order valence-corrected chi connectivity index (χ2v) is 5.37. The molecule has 0 saturated carbocycles. The van der Waals surface area contributed by atoms with E-state index in [9.17, 15) is 4.39 Å². The number of nitrogen functional groups attached to an aromatic ring is 1. The molecule has 0 fully saturated rings. The molecule has 0 bridgehead atoms. The minimum absolute atomic E-state index is 0.323. The van der Waals surface area contributed by atoms with Crippen molar-refractivity contribution < 1.29 is 4.39 Å². The zero-order chi connectivity index (χ0) is 14.7. The monoisotopic (exact) mass is 300 g/mol. The highest BCUT2D eigenvalue weighted by Crippen LogP contribution is 2.25. The Balaban J connectivity index is 1.82. The lowest BCUT2D eigenvalue weighted by Gasteiger charge is -2.04. The average Bonchev–Trinajstić information content (AvgIpc) is 2.88. The number of benzene rings is 2. The number of rotatable bonds is 4. The Bertz CT molecular complexity index is 742. The molecule has 3 aromatic rings. The van der Waals surface area contributed by atoms with Gasteiger partial charge in [0.15, 0.2) is 5.82 Å². The molecule has 0 unspecified atom stereocenters. The minimum Gasteiger partial charge on any atom is -0.335 e. The van der Waals surface area contributed by atoms with Crippen LogP contribution in [0.2, 0.25) is 0 Å². The SMILES string of the molecule is Nn1c(SCc2ccccc2)nnc1-c1ccccc1F. The Morgan fingerprint density at radius 3 is 2.48 bits per heavy atom. The quantitative estimate of drug-likeness (QED) is 0.594. The van der Waals surface area contributed by atoms with Crippen LogP contribution in [0, 0.1) is 5.82 Å². The van der Waals surface area contributed by atoms with Crippen molar-refractivity contribution in [2.45, 2.75) is 10.9 Å². The third-order valence-electron chi connectivity index (χ3n) is 2.99. The lowest BCUT2D eigenvalue weighted by Crippen LogP contribution is -2.12.